The summed E-state index contributed by atoms with van der Waals surface area (Å²) in [5, 5.41) is 8.61. The Morgan fingerprint density at radius 3 is 2.60 bits per heavy atom. The molecule has 9 heteroatoms. The SMILES string of the molecule is O=C(O)CCCCN1C(=O)/C(=C\c2ccc(OC(F)F)cc2)SC1=S. The number of carboxylic acid groups (broad SMARTS) is 1. The fourth-order valence-corrected chi connectivity index (χ4v) is 3.44. The Balaban J connectivity index is 1.98. The maximum absolute atomic E-state index is 12.4. The van der Waals surface area contributed by atoms with E-state index >= 15 is 0 Å². The van der Waals surface area contributed by atoms with Crippen molar-refractivity contribution < 1.29 is 28.2 Å². The molecule has 0 aromatic heterocycles. The van der Waals surface area contributed by atoms with E-state index in [1.54, 1.807) is 18.2 Å². The van der Waals surface area contributed by atoms with Crippen molar-refractivity contribution in [2.24, 2.45) is 0 Å². The first-order valence-electron chi connectivity index (χ1n) is 7.39. The highest BCUT2D eigenvalue weighted by atomic mass is 32.2. The van der Waals surface area contributed by atoms with Gasteiger partial charge in [0.2, 0.25) is 0 Å². The third kappa shape index (κ3) is 5.79. The number of hydrogen-bond acceptors (Lipinski definition) is 5. The fourth-order valence-electron chi connectivity index (χ4n) is 2.14. The van der Waals surface area contributed by atoms with Gasteiger partial charge in [-0.1, -0.05) is 36.1 Å². The monoisotopic (exact) mass is 387 g/mol. The predicted molar refractivity (Wildman–Crippen MR) is 94.4 cm³/mol. The average molecular weight is 387 g/mol. The number of aliphatic carboxylic acids is 1. The first kappa shape index (κ1) is 19.3. The molecule has 1 saturated heterocycles. The van der Waals surface area contributed by atoms with Crippen LogP contribution in [0.15, 0.2) is 29.2 Å². The Bertz CT molecular complexity index is 692. The second-order valence-corrected chi connectivity index (χ2v) is 6.81. The van der Waals surface area contributed by atoms with Crippen molar-refractivity contribution in [1.82, 2.24) is 4.90 Å². The number of rotatable bonds is 8. The molecular weight excluding hydrogens is 372 g/mol. The number of carbonyl (C=O) groups is 2. The molecule has 2 rings (SSSR count). The van der Waals surface area contributed by atoms with Crippen LogP contribution in [0.2, 0.25) is 0 Å². The highest BCUT2D eigenvalue weighted by Crippen LogP contribution is 2.33. The van der Waals surface area contributed by atoms with Gasteiger partial charge in [-0.25, -0.2) is 0 Å². The van der Waals surface area contributed by atoms with Crippen LogP contribution in [-0.4, -0.2) is 39.4 Å². The topological polar surface area (TPSA) is 66.8 Å². The Morgan fingerprint density at radius 2 is 2.00 bits per heavy atom. The van der Waals surface area contributed by atoms with E-state index in [9.17, 15) is 18.4 Å². The standard InChI is InChI=1S/C16H15F2NO4S2/c17-15(18)23-11-6-4-10(5-7-11)9-12-14(22)19(16(24)25-12)8-2-1-3-13(20)21/h4-7,9,15H,1-3,8H2,(H,20,21)/b12-9+. The summed E-state index contributed by atoms with van der Waals surface area (Å²) in [5.41, 5.74) is 0.660. The molecule has 0 spiro atoms. The van der Waals surface area contributed by atoms with E-state index in [0.29, 0.717) is 34.2 Å². The van der Waals surface area contributed by atoms with Gasteiger partial charge in [0.1, 0.15) is 10.1 Å². The minimum atomic E-state index is -2.89. The number of nitrogens with zero attached hydrogens (tertiary/aromatic N) is 1. The van der Waals surface area contributed by atoms with Crippen LogP contribution in [0.5, 0.6) is 5.75 Å². The van der Waals surface area contributed by atoms with Crippen LogP contribution in [0, 0.1) is 0 Å². The molecule has 134 valence electrons. The minimum absolute atomic E-state index is 0.0399. The van der Waals surface area contributed by atoms with Crippen LogP contribution in [0.25, 0.3) is 6.08 Å². The van der Waals surface area contributed by atoms with Gasteiger partial charge in [-0.3, -0.25) is 14.5 Å². The van der Waals surface area contributed by atoms with E-state index in [1.807, 2.05) is 0 Å². The molecule has 5 nitrogen and oxygen atoms in total. The first-order chi connectivity index (χ1) is 11.9. The van der Waals surface area contributed by atoms with Crippen LogP contribution >= 0.6 is 24.0 Å². The van der Waals surface area contributed by atoms with E-state index in [2.05, 4.69) is 4.74 Å². The molecule has 1 fully saturated rings. The van der Waals surface area contributed by atoms with Crippen molar-refractivity contribution in [3.63, 3.8) is 0 Å². The van der Waals surface area contributed by atoms with Crippen molar-refractivity contribution in [1.29, 1.82) is 0 Å². The molecule has 1 amide bonds. The lowest BCUT2D eigenvalue weighted by Gasteiger charge is -2.13. The lowest BCUT2D eigenvalue weighted by atomic mass is 10.2. The molecule has 1 aromatic rings. The lowest BCUT2D eigenvalue weighted by molar-refractivity contribution is -0.137. The highest BCUT2D eigenvalue weighted by molar-refractivity contribution is 8.26. The summed E-state index contributed by atoms with van der Waals surface area (Å²) in [5.74, 6) is -1.07. The van der Waals surface area contributed by atoms with E-state index in [4.69, 9.17) is 17.3 Å². The second kappa shape index (κ2) is 8.91. The molecule has 0 unspecified atom stereocenters. The number of carbonyl (C=O) groups excluding carboxylic acids is 1. The van der Waals surface area contributed by atoms with Crippen LogP contribution in [0.1, 0.15) is 24.8 Å². The predicted octanol–water partition coefficient (Wildman–Crippen LogP) is 3.74. The molecule has 0 saturated carbocycles. The van der Waals surface area contributed by atoms with Crippen molar-refractivity contribution in [3.05, 3.63) is 34.7 Å². The van der Waals surface area contributed by atoms with E-state index < -0.39 is 12.6 Å². The number of amides is 1. The largest absolute Gasteiger partial charge is 0.481 e. The summed E-state index contributed by atoms with van der Waals surface area (Å²) in [6.45, 7) is -2.51. The average Bonchev–Trinajstić information content (AvgIpc) is 2.79. The summed E-state index contributed by atoms with van der Waals surface area (Å²) < 4.78 is 28.9. The van der Waals surface area contributed by atoms with Gasteiger partial charge >= 0.3 is 12.6 Å². The molecule has 25 heavy (non-hydrogen) atoms. The molecule has 1 heterocycles. The molecule has 0 aliphatic carbocycles. The third-order valence-electron chi connectivity index (χ3n) is 3.30. The van der Waals surface area contributed by atoms with Crippen molar-refractivity contribution in [2.75, 3.05) is 6.54 Å². The van der Waals surface area contributed by atoms with Gasteiger partial charge < -0.3 is 9.84 Å². The molecule has 1 N–H and O–H groups in total. The van der Waals surface area contributed by atoms with Crippen LogP contribution < -0.4 is 4.74 Å². The first-order valence-corrected chi connectivity index (χ1v) is 8.61. The smallest absolute Gasteiger partial charge is 0.387 e. The summed E-state index contributed by atoms with van der Waals surface area (Å²) in [4.78, 5) is 24.7. The fraction of sp³-hybridized carbons (Fsp3) is 0.312. The Labute approximate surface area is 152 Å². The molecule has 0 atom stereocenters. The summed E-state index contributed by atoms with van der Waals surface area (Å²) >= 11 is 6.34. The third-order valence-corrected chi connectivity index (χ3v) is 4.68. The highest BCUT2D eigenvalue weighted by Gasteiger charge is 2.31. The quantitative estimate of drug-likeness (QED) is 0.416. The molecule has 0 radical (unpaired) electrons. The maximum Gasteiger partial charge on any atom is 0.387 e. The van der Waals surface area contributed by atoms with Gasteiger partial charge in [-0.15, -0.1) is 0 Å². The number of thiocarbonyl (C=S) groups is 1. The van der Waals surface area contributed by atoms with Gasteiger partial charge in [0.05, 0.1) is 4.91 Å². The second-order valence-electron chi connectivity index (χ2n) is 5.13. The molecule has 1 aliphatic heterocycles. The van der Waals surface area contributed by atoms with Gasteiger partial charge in [-0.2, -0.15) is 8.78 Å². The number of unbranched alkanes of at least 4 members (excludes halogenated alkanes) is 1. The number of ether oxygens (including phenoxy) is 1. The zero-order chi connectivity index (χ0) is 18.4. The number of alkyl halides is 2. The number of halogens is 2. The number of carboxylic acids is 1. The zero-order valence-electron chi connectivity index (χ0n) is 13.0. The van der Waals surface area contributed by atoms with Crippen LogP contribution in [-0.2, 0) is 9.59 Å². The summed E-state index contributed by atoms with van der Waals surface area (Å²) in [6.07, 6.45) is 2.70. The van der Waals surface area contributed by atoms with E-state index in [1.165, 1.54) is 17.0 Å². The van der Waals surface area contributed by atoms with Crippen LogP contribution in [0.3, 0.4) is 0 Å². The van der Waals surface area contributed by atoms with Gasteiger partial charge in [-0.05, 0) is 36.6 Å². The minimum Gasteiger partial charge on any atom is -0.481 e. The molecule has 1 aromatic carbocycles. The van der Waals surface area contributed by atoms with Crippen molar-refractivity contribution in [2.45, 2.75) is 25.9 Å². The van der Waals surface area contributed by atoms with E-state index in [0.717, 1.165) is 11.8 Å². The van der Waals surface area contributed by atoms with Crippen LogP contribution in [0.4, 0.5) is 8.78 Å². The van der Waals surface area contributed by atoms with Crippen molar-refractivity contribution >= 4 is 46.3 Å². The van der Waals surface area contributed by atoms with E-state index in [-0.39, 0.29) is 18.1 Å². The summed E-state index contributed by atoms with van der Waals surface area (Å²) in [6, 6.07) is 5.92. The Kier molecular flexibility index (Phi) is 6.89. The van der Waals surface area contributed by atoms with Gasteiger partial charge in [0.25, 0.3) is 5.91 Å². The maximum atomic E-state index is 12.4. The van der Waals surface area contributed by atoms with Gasteiger partial charge in [0, 0.05) is 13.0 Å². The Hall–Kier alpha value is -2.00. The normalized spacial score (nSPS) is 16.1. The lowest BCUT2D eigenvalue weighted by Crippen LogP contribution is -2.29. The van der Waals surface area contributed by atoms with Gasteiger partial charge in [0.15, 0.2) is 0 Å². The molecule has 1 aliphatic rings. The number of thioether (sulfide) groups is 1. The molecule has 0 bridgehead atoms. The summed E-state index contributed by atoms with van der Waals surface area (Å²) in [7, 11) is 0. The van der Waals surface area contributed by atoms with Crippen molar-refractivity contribution in [3.8, 4) is 5.75 Å². The Morgan fingerprint density at radius 1 is 1.32 bits per heavy atom. The molecular formula is C16H15F2NO4S2. The number of hydrogen-bond donors (Lipinski definition) is 1. The zero-order valence-corrected chi connectivity index (χ0v) is 14.6. The number of benzene rings is 1.